The minimum absolute atomic E-state index is 0.113. The Morgan fingerprint density at radius 3 is 2.77 bits per heavy atom. The summed E-state index contributed by atoms with van der Waals surface area (Å²) in [5.74, 6) is 1.22. The maximum Gasteiger partial charge on any atom is 0.233 e. The number of rotatable bonds is 4. The van der Waals surface area contributed by atoms with E-state index < -0.39 is 0 Å². The van der Waals surface area contributed by atoms with Gasteiger partial charge in [0.1, 0.15) is 5.82 Å². The summed E-state index contributed by atoms with van der Waals surface area (Å²) in [5.41, 5.74) is 0. The third kappa shape index (κ3) is 3.83. The standard InChI is InChI=1S/C16H26N4OS/c1-12(15(21)17-13-8-4-2-5-9-13)22-16-19-18-14-10-6-3-7-11-20(14)16/h12-13H,2-11H2,1H3,(H,17,21)/t12-/m0/s1. The minimum Gasteiger partial charge on any atom is -0.352 e. The molecule has 6 heteroatoms. The number of thioether (sulfide) groups is 1. The molecule has 1 fully saturated rings. The molecule has 0 spiro atoms. The molecule has 0 unspecified atom stereocenters. The van der Waals surface area contributed by atoms with Crippen molar-refractivity contribution in [1.29, 1.82) is 0 Å². The normalized spacial score (nSPS) is 21.0. The Labute approximate surface area is 136 Å². The highest BCUT2D eigenvalue weighted by molar-refractivity contribution is 8.00. The summed E-state index contributed by atoms with van der Waals surface area (Å²) in [6, 6.07) is 0.375. The lowest BCUT2D eigenvalue weighted by Gasteiger charge is -2.24. The zero-order valence-electron chi connectivity index (χ0n) is 13.4. The van der Waals surface area contributed by atoms with Gasteiger partial charge in [0.15, 0.2) is 5.16 Å². The van der Waals surface area contributed by atoms with Crippen LogP contribution >= 0.6 is 11.8 Å². The summed E-state index contributed by atoms with van der Waals surface area (Å²) in [7, 11) is 0. The molecule has 22 heavy (non-hydrogen) atoms. The van der Waals surface area contributed by atoms with Gasteiger partial charge in [-0.2, -0.15) is 0 Å². The molecule has 2 aliphatic rings. The van der Waals surface area contributed by atoms with E-state index in [1.165, 1.54) is 38.5 Å². The Balaban J connectivity index is 1.57. The lowest BCUT2D eigenvalue weighted by molar-refractivity contribution is -0.121. The third-order valence-electron chi connectivity index (χ3n) is 4.68. The van der Waals surface area contributed by atoms with Gasteiger partial charge in [-0.25, -0.2) is 0 Å². The largest absolute Gasteiger partial charge is 0.352 e. The summed E-state index contributed by atoms with van der Waals surface area (Å²) >= 11 is 1.55. The molecular weight excluding hydrogens is 296 g/mol. The number of aryl methyl sites for hydroxylation is 1. The van der Waals surface area contributed by atoms with E-state index in [1.54, 1.807) is 11.8 Å². The van der Waals surface area contributed by atoms with Crippen LogP contribution in [0.2, 0.25) is 0 Å². The smallest absolute Gasteiger partial charge is 0.233 e. The number of hydrogen-bond donors (Lipinski definition) is 1. The molecule has 0 radical (unpaired) electrons. The number of hydrogen-bond acceptors (Lipinski definition) is 4. The van der Waals surface area contributed by atoms with E-state index in [0.717, 1.165) is 36.8 Å². The molecule has 1 amide bonds. The Hall–Kier alpha value is -1.04. The first-order valence-corrected chi connectivity index (χ1v) is 9.51. The topological polar surface area (TPSA) is 59.8 Å². The van der Waals surface area contributed by atoms with E-state index in [1.807, 2.05) is 6.92 Å². The zero-order chi connectivity index (χ0) is 15.4. The van der Waals surface area contributed by atoms with Crippen molar-refractivity contribution in [3.05, 3.63) is 5.82 Å². The van der Waals surface area contributed by atoms with Gasteiger partial charge in [-0.15, -0.1) is 10.2 Å². The summed E-state index contributed by atoms with van der Waals surface area (Å²) in [5, 5.41) is 12.6. The summed E-state index contributed by atoms with van der Waals surface area (Å²) in [6.45, 7) is 2.96. The van der Waals surface area contributed by atoms with Gasteiger partial charge in [-0.1, -0.05) is 37.4 Å². The lowest BCUT2D eigenvalue weighted by Crippen LogP contribution is -2.40. The zero-order valence-corrected chi connectivity index (χ0v) is 14.2. The van der Waals surface area contributed by atoms with Crippen LogP contribution in [0.3, 0.4) is 0 Å². The van der Waals surface area contributed by atoms with Gasteiger partial charge >= 0.3 is 0 Å². The second-order valence-corrected chi connectivity index (χ2v) is 7.77. The summed E-state index contributed by atoms with van der Waals surface area (Å²) < 4.78 is 2.21. The first kappa shape index (κ1) is 15.8. The number of amides is 1. The number of aromatic nitrogens is 3. The average Bonchev–Trinajstić information content (AvgIpc) is 2.76. The molecule has 1 atom stereocenters. The van der Waals surface area contributed by atoms with E-state index in [4.69, 9.17) is 0 Å². The maximum absolute atomic E-state index is 12.4. The highest BCUT2D eigenvalue weighted by Crippen LogP contribution is 2.26. The number of nitrogens with zero attached hydrogens (tertiary/aromatic N) is 3. The van der Waals surface area contributed by atoms with Crippen molar-refractivity contribution in [2.24, 2.45) is 0 Å². The van der Waals surface area contributed by atoms with Gasteiger partial charge in [0, 0.05) is 19.0 Å². The van der Waals surface area contributed by atoms with Crippen molar-refractivity contribution >= 4 is 17.7 Å². The molecule has 0 aromatic carbocycles. The first-order chi connectivity index (χ1) is 10.7. The molecule has 1 saturated carbocycles. The van der Waals surface area contributed by atoms with Gasteiger partial charge in [0.25, 0.3) is 0 Å². The molecule has 0 saturated heterocycles. The number of nitrogens with one attached hydrogen (secondary N) is 1. The van der Waals surface area contributed by atoms with Gasteiger partial charge in [0.2, 0.25) is 5.91 Å². The molecule has 1 aromatic rings. The Morgan fingerprint density at radius 2 is 1.95 bits per heavy atom. The summed E-state index contributed by atoms with van der Waals surface area (Å²) in [4.78, 5) is 12.4. The molecule has 122 valence electrons. The molecule has 2 heterocycles. The van der Waals surface area contributed by atoms with Crippen molar-refractivity contribution in [1.82, 2.24) is 20.1 Å². The van der Waals surface area contributed by atoms with E-state index >= 15 is 0 Å². The summed E-state index contributed by atoms with van der Waals surface area (Å²) in [6.07, 6.45) is 10.7. The van der Waals surface area contributed by atoms with Crippen LogP contribution in [0.4, 0.5) is 0 Å². The van der Waals surface area contributed by atoms with Gasteiger partial charge < -0.3 is 9.88 Å². The number of carbonyl (C=O) groups is 1. The lowest BCUT2D eigenvalue weighted by atomic mass is 9.95. The van der Waals surface area contributed by atoms with Crippen LogP contribution in [0.1, 0.15) is 64.1 Å². The maximum atomic E-state index is 12.4. The molecule has 1 aliphatic heterocycles. The van der Waals surface area contributed by atoms with E-state index in [2.05, 4.69) is 20.1 Å². The SMILES string of the molecule is C[C@H](Sc1nnc2n1CCCCC2)C(=O)NC1CCCCC1. The van der Waals surface area contributed by atoms with E-state index in [-0.39, 0.29) is 11.2 Å². The van der Waals surface area contributed by atoms with E-state index in [0.29, 0.717) is 6.04 Å². The molecular formula is C16H26N4OS. The number of carbonyl (C=O) groups excluding carboxylic acids is 1. The molecule has 0 bridgehead atoms. The number of fused-ring (bicyclic) bond motifs is 1. The van der Waals surface area contributed by atoms with Crippen LogP contribution in [0.25, 0.3) is 0 Å². The van der Waals surface area contributed by atoms with Gasteiger partial charge in [0.05, 0.1) is 5.25 Å². The van der Waals surface area contributed by atoms with E-state index in [9.17, 15) is 4.79 Å². The fourth-order valence-electron chi connectivity index (χ4n) is 3.32. The van der Waals surface area contributed by atoms with Crippen LogP contribution < -0.4 is 5.32 Å². The Morgan fingerprint density at radius 1 is 1.18 bits per heavy atom. The van der Waals surface area contributed by atoms with Gasteiger partial charge in [-0.3, -0.25) is 4.79 Å². The van der Waals surface area contributed by atoms with Crippen LogP contribution in [0.5, 0.6) is 0 Å². The monoisotopic (exact) mass is 322 g/mol. The van der Waals surface area contributed by atoms with Gasteiger partial charge in [-0.05, 0) is 32.6 Å². The second-order valence-electron chi connectivity index (χ2n) is 6.46. The Kier molecular flexibility index (Phi) is 5.39. The van der Waals surface area contributed by atoms with Crippen LogP contribution in [0, 0.1) is 0 Å². The first-order valence-electron chi connectivity index (χ1n) is 8.63. The highest BCUT2D eigenvalue weighted by atomic mass is 32.2. The average molecular weight is 322 g/mol. The van der Waals surface area contributed by atoms with Crippen LogP contribution in [-0.4, -0.2) is 32.0 Å². The second kappa shape index (κ2) is 7.49. The van der Waals surface area contributed by atoms with Crippen LogP contribution in [-0.2, 0) is 17.8 Å². The predicted molar refractivity (Wildman–Crippen MR) is 87.9 cm³/mol. The quantitative estimate of drug-likeness (QED) is 0.866. The van der Waals surface area contributed by atoms with Crippen molar-refractivity contribution in [3.63, 3.8) is 0 Å². The van der Waals surface area contributed by atoms with Crippen molar-refractivity contribution < 1.29 is 4.79 Å². The third-order valence-corrected chi connectivity index (χ3v) is 5.76. The Bertz CT molecular complexity index is 510. The fraction of sp³-hybridized carbons (Fsp3) is 0.812. The molecule has 1 aromatic heterocycles. The highest BCUT2D eigenvalue weighted by Gasteiger charge is 2.23. The minimum atomic E-state index is -0.113. The molecule has 1 N–H and O–H groups in total. The van der Waals surface area contributed by atoms with Crippen molar-refractivity contribution in [2.75, 3.05) is 0 Å². The molecule has 3 rings (SSSR count). The molecule has 5 nitrogen and oxygen atoms in total. The van der Waals surface area contributed by atoms with Crippen LogP contribution in [0.15, 0.2) is 5.16 Å². The predicted octanol–water partition coefficient (Wildman–Crippen LogP) is 2.93. The van der Waals surface area contributed by atoms with Crippen molar-refractivity contribution in [2.45, 2.75) is 87.7 Å². The molecule has 1 aliphatic carbocycles. The fourth-order valence-corrected chi connectivity index (χ4v) is 4.23. The van der Waals surface area contributed by atoms with Crippen molar-refractivity contribution in [3.8, 4) is 0 Å².